The molecular formula is C35H31F6N5O2. The van der Waals surface area contributed by atoms with Crippen LogP contribution in [-0.4, -0.2) is 44.4 Å². The van der Waals surface area contributed by atoms with Gasteiger partial charge in [0, 0.05) is 43.0 Å². The molecule has 1 aliphatic carbocycles. The molecule has 0 bridgehead atoms. The van der Waals surface area contributed by atoms with Gasteiger partial charge in [0.2, 0.25) is 11.7 Å². The van der Waals surface area contributed by atoms with E-state index in [1.54, 1.807) is 18.5 Å². The molecule has 13 heteroatoms. The van der Waals surface area contributed by atoms with E-state index in [2.05, 4.69) is 15.6 Å². The van der Waals surface area contributed by atoms with Crippen molar-refractivity contribution in [3.8, 4) is 11.1 Å². The fraction of sp³-hybridized carbons (Fsp3) is 0.286. The lowest BCUT2D eigenvalue weighted by Gasteiger charge is -2.24. The van der Waals surface area contributed by atoms with Crippen LogP contribution in [0.4, 0.5) is 32.0 Å². The Hall–Kier alpha value is -4.91. The number of fused-ring (bicyclic) bond motifs is 2. The number of nitrogens with zero attached hydrogens (tertiary/aromatic N) is 3. The smallest absolute Gasteiger partial charge is 0.331 e. The van der Waals surface area contributed by atoms with Crippen LogP contribution >= 0.6 is 0 Å². The van der Waals surface area contributed by atoms with Crippen LogP contribution in [0.3, 0.4) is 0 Å². The highest BCUT2D eigenvalue weighted by molar-refractivity contribution is 6.09. The van der Waals surface area contributed by atoms with Crippen molar-refractivity contribution in [2.45, 2.75) is 51.0 Å². The highest BCUT2D eigenvalue weighted by atomic mass is 19.4. The summed E-state index contributed by atoms with van der Waals surface area (Å²) in [5, 5.41) is 5.26. The highest BCUT2D eigenvalue weighted by Crippen LogP contribution is 2.41. The average molecular weight is 668 g/mol. The topological polar surface area (TPSA) is 80.4 Å². The second-order valence-electron chi connectivity index (χ2n) is 11.9. The van der Waals surface area contributed by atoms with Gasteiger partial charge in [0.15, 0.2) is 0 Å². The van der Waals surface area contributed by atoms with E-state index < -0.39 is 46.9 Å². The van der Waals surface area contributed by atoms with Crippen molar-refractivity contribution in [3.63, 3.8) is 0 Å². The number of halogens is 6. The van der Waals surface area contributed by atoms with Gasteiger partial charge < -0.3 is 19.6 Å². The number of anilines is 1. The standard InChI is InChI=1S/C35H31F6N5O2/c1-19-43-28-17-24(25(35(39,40)41)18-31(28)45(19)2)23-8-5-13-46-29(23)10-11-30(46)34(48)20-14-26(37)33(27(38)15-20)44-32(47)9-4-12-42-22-7-3-6-21(36)16-22/h4-5,8-11,13-15,17-18,21-22,42H,3,6-7,12,16H2,1-2H3,(H,44,47)/b9-4+/t21-,22-/m0/s1. The Labute approximate surface area is 271 Å². The first-order chi connectivity index (χ1) is 22.8. The lowest BCUT2D eigenvalue weighted by molar-refractivity contribution is -0.137. The summed E-state index contributed by atoms with van der Waals surface area (Å²) >= 11 is 0. The average Bonchev–Trinajstić information content (AvgIpc) is 3.59. The monoisotopic (exact) mass is 667 g/mol. The van der Waals surface area contributed by atoms with Crippen molar-refractivity contribution in [3.05, 3.63) is 101 Å². The lowest BCUT2D eigenvalue weighted by atomic mass is 9.94. The number of pyridine rings is 1. The molecule has 250 valence electrons. The first-order valence-corrected chi connectivity index (χ1v) is 15.3. The molecular weight excluding hydrogens is 636 g/mol. The van der Waals surface area contributed by atoms with E-state index in [4.69, 9.17) is 0 Å². The highest BCUT2D eigenvalue weighted by Gasteiger charge is 2.35. The molecule has 0 radical (unpaired) electrons. The van der Waals surface area contributed by atoms with Gasteiger partial charge in [0.1, 0.15) is 29.3 Å². The van der Waals surface area contributed by atoms with Crippen LogP contribution < -0.4 is 10.6 Å². The van der Waals surface area contributed by atoms with Crippen LogP contribution in [0, 0.1) is 18.6 Å². The Kier molecular flexibility index (Phi) is 8.90. The molecule has 5 aromatic rings. The number of carbonyl (C=O) groups is 2. The molecule has 1 aliphatic rings. The molecule has 3 aromatic heterocycles. The third kappa shape index (κ3) is 6.46. The van der Waals surface area contributed by atoms with E-state index in [-0.39, 0.29) is 40.5 Å². The molecule has 2 atom stereocenters. The summed E-state index contributed by atoms with van der Waals surface area (Å²) in [5.74, 6) is -3.44. The summed E-state index contributed by atoms with van der Waals surface area (Å²) in [6, 6.07) is 9.75. The number of hydrogen-bond donors (Lipinski definition) is 2. The number of carbonyl (C=O) groups excluding carboxylic acids is 2. The van der Waals surface area contributed by atoms with Crippen molar-refractivity contribution >= 4 is 33.9 Å². The van der Waals surface area contributed by atoms with Crippen LogP contribution in [-0.2, 0) is 18.0 Å². The Morgan fingerprint density at radius 2 is 1.77 bits per heavy atom. The van der Waals surface area contributed by atoms with Gasteiger partial charge in [0.25, 0.3) is 0 Å². The number of ketones is 1. The molecule has 3 heterocycles. The van der Waals surface area contributed by atoms with Crippen LogP contribution in [0.2, 0.25) is 0 Å². The zero-order chi connectivity index (χ0) is 34.3. The normalized spacial score (nSPS) is 17.1. The lowest BCUT2D eigenvalue weighted by Crippen LogP contribution is -2.34. The molecule has 0 aliphatic heterocycles. The fourth-order valence-electron chi connectivity index (χ4n) is 6.22. The van der Waals surface area contributed by atoms with E-state index in [9.17, 15) is 27.2 Å². The molecule has 0 saturated heterocycles. The van der Waals surface area contributed by atoms with Crippen molar-refractivity contribution in [1.82, 2.24) is 19.3 Å². The van der Waals surface area contributed by atoms with Gasteiger partial charge in [-0.3, -0.25) is 9.59 Å². The molecule has 48 heavy (non-hydrogen) atoms. The number of rotatable bonds is 8. The minimum atomic E-state index is -4.70. The van der Waals surface area contributed by atoms with Gasteiger partial charge in [-0.2, -0.15) is 13.2 Å². The van der Waals surface area contributed by atoms with Crippen LogP contribution in [0.5, 0.6) is 0 Å². The van der Waals surface area contributed by atoms with Gasteiger partial charge in [-0.25, -0.2) is 18.2 Å². The first kappa shape index (κ1) is 33.0. The summed E-state index contributed by atoms with van der Waals surface area (Å²) in [5.41, 5.74) is -1.06. The number of nitrogens with one attached hydrogen (secondary N) is 2. The Morgan fingerprint density at radius 3 is 2.48 bits per heavy atom. The van der Waals surface area contributed by atoms with Crippen molar-refractivity contribution in [2.75, 3.05) is 11.9 Å². The molecule has 0 unspecified atom stereocenters. The summed E-state index contributed by atoms with van der Waals surface area (Å²) < 4.78 is 89.5. The molecule has 6 rings (SSSR count). The molecule has 7 nitrogen and oxygen atoms in total. The van der Waals surface area contributed by atoms with Gasteiger partial charge >= 0.3 is 6.18 Å². The molecule has 2 N–H and O–H groups in total. The summed E-state index contributed by atoms with van der Waals surface area (Å²) in [6.45, 7) is 1.95. The van der Waals surface area contributed by atoms with Crippen LogP contribution in [0.1, 0.15) is 53.1 Å². The van der Waals surface area contributed by atoms with Crippen LogP contribution in [0.25, 0.3) is 27.7 Å². The van der Waals surface area contributed by atoms with Crippen molar-refractivity contribution < 1.29 is 35.9 Å². The number of aromatic nitrogens is 3. The summed E-state index contributed by atoms with van der Waals surface area (Å²) in [4.78, 5) is 30.2. The van der Waals surface area contributed by atoms with Gasteiger partial charge in [-0.15, -0.1) is 0 Å². The van der Waals surface area contributed by atoms with Gasteiger partial charge in [0.05, 0.1) is 27.8 Å². The SMILES string of the molecule is Cc1nc2cc(-c3cccn4c(C(=O)c5cc(F)c(NC(=O)/C=C/CN[C@H]6CCC[C@H](F)C6)c(F)c5)ccc34)c(C(F)(F)F)cc2n1C. The minimum Gasteiger partial charge on any atom is -0.331 e. The molecule has 1 fully saturated rings. The van der Waals surface area contributed by atoms with Gasteiger partial charge in [-0.05, 0) is 80.6 Å². The zero-order valence-electron chi connectivity index (χ0n) is 26.0. The first-order valence-electron chi connectivity index (χ1n) is 15.3. The van der Waals surface area contributed by atoms with Crippen molar-refractivity contribution in [1.29, 1.82) is 0 Å². The third-order valence-corrected chi connectivity index (χ3v) is 8.72. The van der Waals surface area contributed by atoms with E-state index in [0.29, 0.717) is 29.7 Å². The molecule has 2 aromatic carbocycles. The molecule has 0 spiro atoms. The summed E-state index contributed by atoms with van der Waals surface area (Å²) in [7, 11) is 1.63. The number of imidazole rings is 1. The zero-order valence-corrected chi connectivity index (χ0v) is 26.0. The molecule has 1 saturated carbocycles. The predicted molar refractivity (Wildman–Crippen MR) is 170 cm³/mol. The van der Waals surface area contributed by atoms with Crippen LogP contribution in [0.15, 0.2) is 66.9 Å². The number of benzene rings is 2. The maximum Gasteiger partial charge on any atom is 0.417 e. The predicted octanol–water partition coefficient (Wildman–Crippen LogP) is 7.69. The minimum absolute atomic E-state index is 0.0107. The van der Waals surface area contributed by atoms with E-state index in [1.807, 2.05) is 0 Å². The maximum absolute atomic E-state index is 15.1. The Balaban J connectivity index is 1.24. The van der Waals surface area contributed by atoms with E-state index >= 15 is 8.78 Å². The fourth-order valence-corrected chi connectivity index (χ4v) is 6.22. The van der Waals surface area contributed by atoms with Gasteiger partial charge in [-0.1, -0.05) is 12.1 Å². The second-order valence-corrected chi connectivity index (χ2v) is 11.9. The number of hydrogen-bond acceptors (Lipinski definition) is 4. The maximum atomic E-state index is 15.1. The largest absolute Gasteiger partial charge is 0.417 e. The third-order valence-electron chi connectivity index (χ3n) is 8.72. The second kappa shape index (κ2) is 12.9. The quantitative estimate of drug-likeness (QED) is 0.101. The molecule has 1 amide bonds. The van der Waals surface area contributed by atoms with E-state index in [0.717, 1.165) is 37.1 Å². The van der Waals surface area contributed by atoms with E-state index in [1.165, 1.54) is 47.0 Å². The Bertz CT molecular complexity index is 2060. The van der Waals surface area contributed by atoms with Crippen molar-refractivity contribution in [2.24, 2.45) is 7.05 Å². The Morgan fingerprint density at radius 1 is 1.02 bits per heavy atom. The number of aryl methyl sites for hydroxylation is 2. The number of amides is 1. The number of alkyl halides is 4. The summed E-state index contributed by atoms with van der Waals surface area (Å²) in [6.07, 6.45) is 0.994.